The number of hydrogen-bond acceptors (Lipinski definition) is 4. The third-order valence-corrected chi connectivity index (χ3v) is 3.35. The molecule has 2 rings (SSSR count). The number of halogens is 1. The van der Waals surface area contributed by atoms with Gasteiger partial charge < -0.3 is 0 Å². The maximum atomic E-state index is 8.49. The van der Waals surface area contributed by atoms with E-state index in [1.807, 2.05) is 0 Å². The molecule has 0 aliphatic carbocycles. The number of para-hydroxylation sites is 1. The highest BCUT2D eigenvalue weighted by Gasteiger charge is 2.40. The fraction of sp³-hybridized carbons (Fsp3) is 0.417. The first-order valence-corrected chi connectivity index (χ1v) is 6.57. The van der Waals surface area contributed by atoms with Crippen LogP contribution in [0.1, 0.15) is 26.3 Å². The van der Waals surface area contributed by atoms with Gasteiger partial charge in [0.25, 0.3) is 0 Å². The van der Waals surface area contributed by atoms with Crippen LogP contribution in [0.3, 0.4) is 0 Å². The molecule has 1 heterocycles. The molecule has 0 saturated carbocycles. The van der Waals surface area contributed by atoms with Gasteiger partial charge in [0.15, 0.2) is 5.71 Å². The van der Waals surface area contributed by atoms with E-state index in [1.54, 1.807) is 0 Å². The van der Waals surface area contributed by atoms with Crippen molar-refractivity contribution in [2.75, 3.05) is 7.05 Å². The first-order valence-electron chi connectivity index (χ1n) is 5.34. The minimum absolute atomic E-state index is 0.200. The SMILES string of the molecule is CC1=[N+](C)c2ccccc2C1(C)C.[O-][Cl+3]([O-])([O-])[O-]. The lowest BCUT2D eigenvalue weighted by Gasteiger charge is -2.17. The van der Waals surface area contributed by atoms with Crippen molar-refractivity contribution in [2.45, 2.75) is 26.2 Å². The van der Waals surface area contributed by atoms with Crippen LogP contribution in [0.15, 0.2) is 24.3 Å². The largest absolute Gasteiger partial charge is 0.222 e. The minimum atomic E-state index is -4.94. The molecule has 0 unspecified atom stereocenters. The third kappa shape index (κ3) is 3.28. The molecule has 6 heteroatoms. The Morgan fingerprint density at radius 3 is 1.94 bits per heavy atom. The molecule has 0 fully saturated rings. The second-order valence-electron chi connectivity index (χ2n) is 4.66. The predicted molar refractivity (Wildman–Crippen MR) is 56.0 cm³/mol. The molecule has 1 aromatic carbocycles. The van der Waals surface area contributed by atoms with E-state index in [1.165, 1.54) is 17.0 Å². The summed E-state index contributed by atoms with van der Waals surface area (Å²) in [5.41, 5.74) is 4.42. The van der Waals surface area contributed by atoms with Gasteiger partial charge in [-0.15, -0.1) is 10.2 Å². The number of hydrogen-bond donors (Lipinski definition) is 0. The fourth-order valence-electron chi connectivity index (χ4n) is 2.09. The summed E-state index contributed by atoms with van der Waals surface area (Å²) in [7, 11) is -2.80. The summed E-state index contributed by atoms with van der Waals surface area (Å²) in [6, 6.07) is 8.63. The van der Waals surface area contributed by atoms with Crippen LogP contribution in [0.5, 0.6) is 0 Å². The van der Waals surface area contributed by atoms with Gasteiger partial charge in [0.1, 0.15) is 7.05 Å². The number of nitrogens with zero attached hydrogens (tertiary/aromatic N) is 1. The molecule has 0 saturated heterocycles. The zero-order chi connectivity index (χ0) is 14.1. The number of benzene rings is 1. The molecule has 1 aliphatic rings. The second-order valence-corrected chi connectivity index (χ2v) is 5.42. The van der Waals surface area contributed by atoms with Gasteiger partial charge in [0, 0.05) is 18.6 Å². The Balaban J connectivity index is 0.000000280. The molecule has 5 nitrogen and oxygen atoms in total. The summed E-state index contributed by atoms with van der Waals surface area (Å²) in [4.78, 5) is 0. The first kappa shape index (κ1) is 15.1. The van der Waals surface area contributed by atoms with Crippen molar-refractivity contribution in [3.63, 3.8) is 0 Å². The van der Waals surface area contributed by atoms with Crippen molar-refractivity contribution in [1.29, 1.82) is 0 Å². The van der Waals surface area contributed by atoms with Crippen molar-refractivity contribution >= 4 is 11.4 Å². The van der Waals surface area contributed by atoms with Crippen molar-refractivity contribution in [3.05, 3.63) is 29.8 Å². The van der Waals surface area contributed by atoms with E-state index in [9.17, 15) is 0 Å². The van der Waals surface area contributed by atoms with E-state index in [0.717, 1.165) is 0 Å². The van der Waals surface area contributed by atoms with Crippen LogP contribution in [-0.4, -0.2) is 17.3 Å². The summed E-state index contributed by atoms with van der Waals surface area (Å²) in [6.07, 6.45) is 0. The Morgan fingerprint density at radius 2 is 1.50 bits per heavy atom. The molecule has 1 aliphatic heterocycles. The van der Waals surface area contributed by atoms with Crippen LogP contribution in [0, 0.1) is 10.2 Å². The molecular weight excluding hydrogens is 258 g/mol. The van der Waals surface area contributed by atoms with Crippen LogP contribution in [-0.2, 0) is 5.41 Å². The smallest absolute Gasteiger partial charge is 0.209 e. The van der Waals surface area contributed by atoms with E-state index in [2.05, 4.69) is 56.7 Å². The molecule has 1 aromatic rings. The lowest BCUT2D eigenvalue weighted by atomic mass is 9.82. The molecule has 0 atom stereocenters. The lowest BCUT2D eigenvalue weighted by molar-refractivity contribution is -2.00. The van der Waals surface area contributed by atoms with Crippen molar-refractivity contribution in [3.8, 4) is 0 Å². The highest BCUT2D eigenvalue weighted by molar-refractivity contribution is 5.93. The lowest BCUT2D eigenvalue weighted by Crippen LogP contribution is -2.68. The standard InChI is InChI=1S/C12H16N.ClHO4/c1-9-12(2,3)10-7-5-6-8-11(10)13(9)4;2-1(3,4)5/h5-8H,1-4H3;(H,2,3,4,5)/q+1;/p-1. The second kappa shape index (κ2) is 4.95. The normalized spacial score (nSPS) is 17.1. The van der Waals surface area contributed by atoms with Gasteiger partial charge in [-0.3, -0.25) is 0 Å². The highest BCUT2D eigenvalue weighted by Crippen LogP contribution is 2.38. The van der Waals surface area contributed by atoms with Gasteiger partial charge >= 0.3 is 0 Å². The highest BCUT2D eigenvalue weighted by atomic mass is 35.7. The Labute approximate surface area is 108 Å². The summed E-state index contributed by atoms with van der Waals surface area (Å²) >= 11 is 0. The Morgan fingerprint density at radius 1 is 1.06 bits per heavy atom. The molecule has 0 N–H and O–H groups in total. The van der Waals surface area contributed by atoms with E-state index < -0.39 is 10.2 Å². The molecule has 0 amide bonds. The summed E-state index contributed by atoms with van der Waals surface area (Å²) in [6.45, 7) is 6.77. The third-order valence-electron chi connectivity index (χ3n) is 3.35. The van der Waals surface area contributed by atoms with Crippen molar-refractivity contribution in [1.82, 2.24) is 0 Å². The molecule has 100 valence electrons. The summed E-state index contributed by atoms with van der Waals surface area (Å²) in [5, 5.41) is 0. The molecule has 0 aromatic heterocycles. The quantitative estimate of drug-likeness (QED) is 0.509. The van der Waals surface area contributed by atoms with Gasteiger partial charge in [-0.2, -0.15) is 0 Å². The van der Waals surface area contributed by atoms with Crippen LogP contribution in [0.2, 0.25) is 0 Å². The monoisotopic (exact) mass is 273 g/mol. The molecular formula is C12H16ClNO4. The topological polar surface area (TPSA) is 95.2 Å². The van der Waals surface area contributed by atoms with Crippen LogP contribution in [0.4, 0.5) is 5.69 Å². The zero-order valence-corrected chi connectivity index (χ0v) is 11.5. The predicted octanol–water partition coefficient (Wildman–Crippen LogP) is -2.04. The van der Waals surface area contributed by atoms with Crippen molar-refractivity contribution in [2.24, 2.45) is 0 Å². The van der Waals surface area contributed by atoms with E-state index in [4.69, 9.17) is 18.6 Å². The van der Waals surface area contributed by atoms with Crippen LogP contribution in [0.25, 0.3) is 0 Å². The van der Waals surface area contributed by atoms with Gasteiger partial charge in [0.2, 0.25) is 5.69 Å². The average molecular weight is 274 g/mol. The van der Waals surface area contributed by atoms with Crippen LogP contribution < -0.4 is 18.6 Å². The van der Waals surface area contributed by atoms with Gasteiger partial charge in [0.05, 0.1) is 5.41 Å². The summed E-state index contributed by atoms with van der Waals surface area (Å²) < 4.78 is 36.3. The van der Waals surface area contributed by atoms with Crippen molar-refractivity contribution < 1.29 is 33.5 Å². The summed E-state index contributed by atoms with van der Waals surface area (Å²) in [5.74, 6) is 0. The van der Waals surface area contributed by atoms with Gasteiger partial charge in [-0.1, -0.05) is 18.2 Å². The zero-order valence-electron chi connectivity index (χ0n) is 10.8. The average Bonchev–Trinajstić information content (AvgIpc) is 2.40. The van der Waals surface area contributed by atoms with E-state index in [0.29, 0.717) is 0 Å². The van der Waals surface area contributed by atoms with Gasteiger partial charge in [-0.25, -0.2) is 23.2 Å². The fourth-order valence-corrected chi connectivity index (χ4v) is 2.09. The maximum absolute atomic E-state index is 8.49. The molecule has 18 heavy (non-hydrogen) atoms. The van der Waals surface area contributed by atoms with Crippen LogP contribution >= 0.6 is 0 Å². The van der Waals surface area contributed by atoms with Gasteiger partial charge in [-0.05, 0) is 13.8 Å². The minimum Gasteiger partial charge on any atom is -0.222 e. The molecule has 0 spiro atoms. The maximum Gasteiger partial charge on any atom is 0.209 e. The Hall–Kier alpha value is -0.980. The first-order chi connectivity index (χ1) is 8.05. The van der Waals surface area contributed by atoms with E-state index in [-0.39, 0.29) is 5.41 Å². The molecule has 0 bridgehead atoms. The Kier molecular flexibility index (Phi) is 4.15. The number of rotatable bonds is 0. The molecule has 0 radical (unpaired) electrons. The number of fused-ring (bicyclic) bond motifs is 1. The Bertz CT molecular complexity index is 471. The van der Waals surface area contributed by atoms with E-state index >= 15 is 0 Å².